The molecule has 0 aliphatic carbocycles. The maximum absolute atomic E-state index is 12.7. The van der Waals surface area contributed by atoms with E-state index < -0.39 is 10.8 Å². The number of nitrogens with zero attached hydrogens (tertiary/aromatic N) is 2. The van der Waals surface area contributed by atoms with Crippen molar-refractivity contribution in [2.24, 2.45) is 0 Å². The number of allylic oxidation sites excluding steroid dienone is 2. The number of non-ortho nitro benzene ring substituents is 1. The van der Waals surface area contributed by atoms with Gasteiger partial charge in [-0.3, -0.25) is 24.6 Å². The summed E-state index contributed by atoms with van der Waals surface area (Å²) in [4.78, 5) is 36.9. The van der Waals surface area contributed by atoms with Gasteiger partial charge < -0.3 is 5.32 Å². The van der Waals surface area contributed by atoms with Crippen LogP contribution in [0, 0.1) is 10.1 Å². The molecule has 152 valence electrons. The Labute approximate surface area is 182 Å². The molecule has 30 heavy (non-hydrogen) atoms. The predicted octanol–water partition coefficient (Wildman–Crippen LogP) is 4.38. The van der Waals surface area contributed by atoms with Gasteiger partial charge in [0.25, 0.3) is 11.6 Å². The Bertz CT molecular complexity index is 1060. The average Bonchev–Trinajstić information content (AvgIpc) is 2.96. The number of rotatable bonds is 6. The zero-order chi connectivity index (χ0) is 21.7. The van der Waals surface area contributed by atoms with Gasteiger partial charge in [-0.2, -0.15) is 0 Å². The molecular formula is C21H17N3O4S2. The first-order chi connectivity index (χ1) is 14.3. The largest absolute Gasteiger partial charge is 0.325 e. The lowest BCUT2D eigenvalue weighted by molar-refractivity contribution is -0.384. The van der Waals surface area contributed by atoms with Crippen molar-refractivity contribution < 1.29 is 14.5 Å². The quantitative estimate of drug-likeness (QED) is 0.311. The Balaban J connectivity index is 1.65. The molecule has 2 aromatic rings. The van der Waals surface area contributed by atoms with Gasteiger partial charge in [0.1, 0.15) is 10.9 Å². The van der Waals surface area contributed by atoms with Gasteiger partial charge in [0, 0.05) is 17.8 Å². The van der Waals surface area contributed by atoms with Crippen LogP contribution in [0.5, 0.6) is 0 Å². The Kier molecular flexibility index (Phi) is 6.76. The van der Waals surface area contributed by atoms with E-state index in [1.54, 1.807) is 6.08 Å². The van der Waals surface area contributed by atoms with E-state index in [-0.39, 0.29) is 18.1 Å². The van der Waals surface area contributed by atoms with Crippen LogP contribution in [0.2, 0.25) is 0 Å². The summed E-state index contributed by atoms with van der Waals surface area (Å²) in [6.07, 6.45) is 3.70. The summed E-state index contributed by atoms with van der Waals surface area (Å²) < 4.78 is 0.303. The van der Waals surface area contributed by atoms with Crippen LogP contribution in [-0.2, 0) is 9.59 Å². The van der Waals surface area contributed by atoms with E-state index in [4.69, 9.17) is 12.2 Å². The van der Waals surface area contributed by atoms with Crippen LogP contribution in [-0.4, -0.2) is 32.5 Å². The van der Waals surface area contributed by atoms with Crippen LogP contribution in [0.4, 0.5) is 11.4 Å². The monoisotopic (exact) mass is 439 g/mol. The van der Waals surface area contributed by atoms with E-state index in [1.807, 2.05) is 43.3 Å². The van der Waals surface area contributed by atoms with E-state index in [2.05, 4.69) is 5.32 Å². The second-order valence-corrected chi connectivity index (χ2v) is 8.09. The summed E-state index contributed by atoms with van der Waals surface area (Å²) in [5.74, 6) is -0.775. The van der Waals surface area contributed by atoms with Crippen molar-refractivity contribution in [2.75, 3.05) is 11.9 Å². The fourth-order valence-electron chi connectivity index (χ4n) is 2.71. The fraction of sp³-hybridized carbons (Fsp3) is 0.0952. The lowest BCUT2D eigenvalue weighted by Crippen LogP contribution is -2.36. The predicted molar refractivity (Wildman–Crippen MR) is 122 cm³/mol. The molecule has 1 N–H and O–H groups in total. The number of nitro benzene ring substituents is 1. The van der Waals surface area contributed by atoms with Crippen molar-refractivity contribution >= 4 is 57.6 Å². The van der Waals surface area contributed by atoms with E-state index in [9.17, 15) is 19.7 Å². The molecule has 0 saturated carbocycles. The molecule has 0 unspecified atom stereocenters. The van der Waals surface area contributed by atoms with Gasteiger partial charge in [0.2, 0.25) is 5.91 Å². The number of amides is 2. The maximum atomic E-state index is 12.7. The molecule has 2 amide bonds. The molecule has 0 spiro atoms. The number of benzene rings is 2. The molecule has 1 saturated heterocycles. The van der Waals surface area contributed by atoms with Crippen LogP contribution in [0.25, 0.3) is 6.08 Å². The number of carbonyl (C=O) groups is 2. The first-order valence-electron chi connectivity index (χ1n) is 8.86. The average molecular weight is 440 g/mol. The SMILES string of the molecule is CC(=Cc1ccccc1)C=C1SC(=S)N(CC(=O)Nc2ccc([N+](=O)[O-])cc2)C1=O. The van der Waals surface area contributed by atoms with Crippen molar-refractivity contribution in [2.45, 2.75) is 6.92 Å². The van der Waals surface area contributed by atoms with Crippen molar-refractivity contribution in [3.8, 4) is 0 Å². The highest BCUT2D eigenvalue weighted by molar-refractivity contribution is 8.26. The number of hydrogen-bond acceptors (Lipinski definition) is 6. The summed E-state index contributed by atoms with van der Waals surface area (Å²) in [6.45, 7) is 1.65. The van der Waals surface area contributed by atoms with E-state index in [0.717, 1.165) is 22.9 Å². The molecule has 3 rings (SSSR count). The third-order valence-electron chi connectivity index (χ3n) is 4.09. The Hall–Kier alpha value is -3.30. The number of thiocarbonyl (C=S) groups is 1. The molecule has 1 fully saturated rings. The smallest absolute Gasteiger partial charge is 0.269 e. The fourth-order valence-corrected chi connectivity index (χ4v) is 4.01. The van der Waals surface area contributed by atoms with Crippen LogP contribution in [0.3, 0.4) is 0 Å². The molecule has 1 aliphatic rings. The standard InChI is InChI=1S/C21H17N3O4S2/c1-14(11-15-5-3-2-4-6-15)12-18-20(26)23(21(29)30-18)13-19(25)22-16-7-9-17(10-8-16)24(27)28/h2-12H,13H2,1H3,(H,22,25). The van der Waals surface area contributed by atoms with E-state index in [1.165, 1.54) is 29.2 Å². The molecule has 0 bridgehead atoms. The maximum Gasteiger partial charge on any atom is 0.269 e. The molecule has 7 nitrogen and oxygen atoms in total. The van der Waals surface area contributed by atoms with Crippen LogP contribution in [0.1, 0.15) is 12.5 Å². The number of hydrogen-bond donors (Lipinski definition) is 1. The summed E-state index contributed by atoms with van der Waals surface area (Å²) in [5, 5.41) is 13.3. The van der Waals surface area contributed by atoms with Crippen molar-refractivity contribution in [1.82, 2.24) is 4.90 Å². The number of nitrogens with one attached hydrogen (secondary N) is 1. The Morgan fingerprint density at radius 1 is 1.20 bits per heavy atom. The highest BCUT2D eigenvalue weighted by atomic mass is 32.2. The molecular weight excluding hydrogens is 422 g/mol. The van der Waals surface area contributed by atoms with Gasteiger partial charge in [0.15, 0.2) is 0 Å². The number of thioether (sulfide) groups is 1. The lowest BCUT2D eigenvalue weighted by atomic mass is 10.1. The van der Waals surface area contributed by atoms with Crippen molar-refractivity contribution in [1.29, 1.82) is 0 Å². The Morgan fingerprint density at radius 2 is 1.87 bits per heavy atom. The second-order valence-electron chi connectivity index (χ2n) is 6.42. The molecule has 0 atom stereocenters. The highest BCUT2D eigenvalue weighted by Crippen LogP contribution is 2.32. The minimum atomic E-state index is -0.522. The van der Waals surface area contributed by atoms with E-state index in [0.29, 0.717) is 14.9 Å². The van der Waals surface area contributed by atoms with Gasteiger partial charge in [-0.1, -0.05) is 60.4 Å². The van der Waals surface area contributed by atoms with Crippen molar-refractivity contribution in [3.05, 3.63) is 86.8 Å². The van der Waals surface area contributed by atoms with Gasteiger partial charge in [0.05, 0.1) is 9.83 Å². The topological polar surface area (TPSA) is 92.6 Å². The summed E-state index contributed by atoms with van der Waals surface area (Å²) in [5.41, 5.74) is 2.23. The second kappa shape index (κ2) is 9.47. The number of carbonyl (C=O) groups excluding carboxylic acids is 2. The first kappa shape index (κ1) is 21.4. The first-order valence-corrected chi connectivity index (χ1v) is 10.1. The third-order valence-corrected chi connectivity index (χ3v) is 5.47. The van der Waals surface area contributed by atoms with Gasteiger partial charge in [-0.05, 0) is 36.3 Å². The lowest BCUT2D eigenvalue weighted by Gasteiger charge is -2.14. The third kappa shape index (κ3) is 5.40. The zero-order valence-electron chi connectivity index (χ0n) is 15.9. The molecule has 1 heterocycles. The van der Waals surface area contributed by atoms with Gasteiger partial charge in [-0.25, -0.2) is 0 Å². The normalized spacial score (nSPS) is 15.6. The van der Waals surface area contributed by atoms with Gasteiger partial charge in [-0.15, -0.1) is 0 Å². The molecule has 0 aromatic heterocycles. The number of nitro groups is 1. The molecule has 0 radical (unpaired) electrons. The minimum Gasteiger partial charge on any atom is -0.325 e. The summed E-state index contributed by atoms with van der Waals surface area (Å²) >= 11 is 6.41. The van der Waals surface area contributed by atoms with Crippen LogP contribution < -0.4 is 5.32 Å². The summed E-state index contributed by atoms with van der Waals surface area (Å²) in [6, 6.07) is 15.2. The summed E-state index contributed by atoms with van der Waals surface area (Å²) in [7, 11) is 0. The van der Waals surface area contributed by atoms with Crippen molar-refractivity contribution in [3.63, 3.8) is 0 Å². The molecule has 2 aromatic carbocycles. The number of anilines is 1. The molecule has 1 aliphatic heterocycles. The Morgan fingerprint density at radius 3 is 2.50 bits per heavy atom. The molecule has 9 heteroatoms. The zero-order valence-corrected chi connectivity index (χ0v) is 17.5. The van der Waals surface area contributed by atoms with Crippen LogP contribution >= 0.6 is 24.0 Å². The van der Waals surface area contributed by atoms with Gasteiger partial charge >= 0.3 is 0 Å². The minimum absolute atomic E-state index is 0.0750. The van der Waals surface area contributed by atoms with E-state index >= 15 is 0 Å². The van der Waals surface area contributed by atoms with Crippen LogP contribution in [0.15, 0.2) is 71.2 Å². The highest BCUT2D eigenvalue weighted by Gasteiger charge is 2.33.